The van der Waals surface area contributed by atoms with Gasteiger partial charge in [0.2, 0.25) is 0 Å². The second-order valence-electron chi connectivity index (χ2n) is 8.39. The maximum atomic E-state index is 12.5. The summed E-state index contributed by atoms with van der Waals surface area (Å²) in [6, 6.07) is 4.00. The van der Waals surface area contributed by atoms with E-state index in [0.29, 0.717) is 18.4 Å². The molecule has 2 saturated carbocycles. The number of esters is 1. The number of hydrogen-bond acceptors (Lipinski definition) is 4. The van der Waals surface area contributed by atoms with Gasteiger partial charge < -0.3 is 10.1 Å². The monoisotopic (exact) mass is 340 g/mol. The summed E-state index contributed by atoms with van der Waals surface area (Å²) < 4.78 is 5.81. The number of nitrogens with zero attached hydrogens (tertiary/aromatic N) is 1. The molecule has 0 spiro atoms. The van der Waals surface area contributed by atoms with E-state index in [2.05, 4.69) is 23.8 Å². The largest absolute Gasteiger partial charge is 0.462 e. The summed E-state index contributed by atoms with van der Waals surface area (Å²) in [6.45, 7) is 8.19. The summed E-state index contributed by atoms with van der Waals surface area (Å²) in [5.41, 5.74) is 2.86. The Balaban J connectivity index is 1.42. The van der Waals surface area contributed by atoms with Gasteiger partial charge in [0.05, 0.1) is 5.92 Å². The van der Waals surface area contributed by atoms with Crippen molar-refractivity contribution in [2.45, 2.75) is 51.7 Å². The zero-order valence-corrected chi connectivity index (χ0v) is 15.0. The molecule has 1 saturated heterocycles. The number of allylic oxidation sites excluding steroid dienone is 1. The van der Waals surface area contributed by atoms with Gasteiger partial charge in [0.15, 0.2) is 0 Å². The molecule has 2 aliphatic carbocycles. The van der Waals surface area contributed by atoms with E-state index in [1.807, 2.05) is 12.1 Å². The van der Waals surface area contributed by atoms with Crippen LogP contribution in [-0.2, 0) is 16.1 Å². The van der Waals surface area contributed by atoms with Crippen LogP contribution in [0.15, 0.2) is 36.7 Å². The molecule has 1 N–H and O–H groups in total. The first-order chi connectivity index (χ1) is 12.1. The number of ether oxygens (including phenoxy) is 1. The first-order valence-electron chi connectivity index (χ1n) is 9.54. The maximum Gasteiger partial charge on any atom is 0.310 e. The maximum absolute atomic E-state index is 12.5. The van der Waals surface area contributed by atoms with E-state index in [0.717, 1.165) is 25.8 Å². The van der Waals surface area contributed by atoms with Crippen LogP contribution in [0.25, 0.3) is 0 Å². The molecule has 4 nitrogen and oxygen atoms in total. The van der Waals surface area contributed by atoms with E-state index < -0.39 is 0 Å². The van der Waals surface area contributed by atoms with Crippen molar-refractivity contribution < 1.29 is 9.53 Å². The van der Waals surface area contributed by atoms with Crippen LogP contribution < -0.4 is 5.32 Å². The van der Waals surface area contributed by atoms with Crippen molar-refractivity contribution in [3.05, 3.63) is 42.2 Å². The molecule has 4 rings (SSSR count). The molecule has 1 aromatic rings. The molecular weight excluding hydrogens is 312 g/mol. The van der Waals surface area contributed by atoms with Crippen LogP contribution in [0.5, 0.6) is 0 Å². The molecule has 0 unspecified atom stereocenters. The van der Waals surface area contributed by atoms with E-state index >= 15 is 0 Å². The van der Waals surface area contributed by atoms with Gasteiger partial charge in [-0.2, -0.15) is 0 Å². The zero-order valence-electron chi connectivity index (χ0n) is 15.0. The summed E-state index contributed by atoms with van der Waals surface area (Å²) in [5.74, 6) is 0.862. The average molecular weight is 340 g/mol. The molecule has 0 aromatic carbocycles. The Morgan fingerprint density at radius 1 is 1.40 bits per heavy atom. The highest BCUT2D eigenvalue weighted by atomic mass is 16.6. The lowest BCUT2D eigenvalue weighted by Gasteiger charge is -2.50. The number of pyridine rings is 1. The van der Waals surface area contributed by atoms with Gasteiger partial charge in [0, 0.05) is 31.4 Å². The van der Waals surface area contributed by atoms with Gasteiger partial charge in [0.25, 0.3) is 0 Å². The molecule has 3 fully saturated rings. The Hall–Kier alpha value is -1.68. The van der Waals surface area contributed by atoms with Gasteiger partial charge in [-0.15, -0.1) is 0 Å². The summed E-state index contributed by atoms with van der Waals surface area (Å²) in [6.07, 6.45) is 9.39. The van der Waals surface area contributed by atoms with Crippen molar-refractivity contribution in [2.75, 3.05) is 6.54 Å². The Kier molecular flexibility index (Phi) is 4.40. The fourth-order valence-corrected chi connectivity index (χ4v) is 5.36. The van der Waals surface area contributed by atoms with Crippen molar-refractivity contribution in [3.8, 4) is 0 Å². The third-order valence-electron chi connectivity index (χ3n) is 6.76. The normalized spacial score (nSPS) is 37.3. The molecule has 5 atom stereocenters. The van der Waals surface area contributed by atoms with Gasteiger partial charge in [-0.1, -0.05) is 19.1 Å². The zero-order chi connectivity index (χ0) is 17.4. The van der Waals surface area contributed by atoms with Crippen LogP contribution in [0.3, 0.4) is 0 Å². The second kappa shape index (κ2) is 6.56. The summed E-state index contributed by atoms with van der Waals surface area (Å²) in [5, 5.41) is 3.45. The number of nitrogens with one attached hydrogen (secondary N) is 1. The second-order valence-corrected chi connectivity index (χ2v) is 8.39. The number of rotatable bonds is 4. The van der Waals surface area contributed by atoms with Crippen molar-refractivity contribution in [1.82, 2.24) is 10.3 Å². The minimum absolute atomic E-state index is 0.00918. The molecule has 0 amide bonds. The smallest absolute Gasteiger partial charge is 0.310 e. The number of fused-ring (bicyclic) bond motifs is 2. The van der Waals surface area contributed by atoms with Crippen LogP contribution in [0.4, 0.5) is 0 Å². The molecule has 4 heteroatoms. The Morgan fingerprint density at radius 2 is 2.20 bits per heavy atom. The number of carbonyl (C=O) groups excluding carboxylic acids is 1. The minimum Gasteiger partial charge on any atom is -0.462 e. The highest BCUT2D eigenvalue weighted by Crippen LogP contribution is 2.56. The molecule has 3 aliphatic rings. The van der Waals surface area contributed by atoms with Gasteiger partial charge in [0.1, 0.15) is 6.10 Å². The van der Waals surface area contributed by atoms with Gasteiger partial charge in [-0.05, 0) is 61.1 Å². The summed E-state index contributed by atoms with van der Waals surface area (Å²) >= 11 is 0. The van der Waals surface area contributed by atoms with Gasteiger partial charge in [-0.3, -0.25) is 9.78 Å². The molecule has 1 aromatic heterocycles. The number of hydrogen-bond donors (Lipinski definition) is 1. The molecular formula is C21H28N2O2. The van der Waals surface area contributed by atoms with Crippen molar-refractivity contribution in [2.24, 2.45) is 23.2 Å². The SMILES string of the molecule is C=C1CCC[C@@]2(C)C[C@H]3OC(=O)[C@@H](CNCc4ccncc4)[C@@H]3C[C@H]12. The Morgan fingerprint density at radius 3 is 3.00 bits per heavy atom. The van der Waals surface area contributed by atoms with E-state index in [4.69, 9.17) is 4.74 Å². The lowest BCUT2D eigenvalue weighted by molar-refractivity contribution is -0.146. The van der Waals surface area contributed by atoms with Crippen LogP contribution in [-0.4, -0.2) is 23.6 Å². The molecule has 0 bridgehead atoms. The fourth-order valence-electron chi connectivity index (χ4n) is 5.36. The topological polar surface area (TPSA) is 51.2 Å². The summed E-state index contributed by atoms with van der Waals surface area (Å²) in [4.78, 5) is 16.5. The highest BCUT2D eigenvalue weighted by molar-refractivity contribution is 5.75. The quantitative estimate of drug-likeness (QED) is 0.673. The Labute approximate surface area is 150 Å². The van der Waals surface area contributed by atoms with Gasteiger partial charge in [-0.25, -0.2) is 0 Å². The van der Waals surface area contributed by atoms with E-state index in [1.54, 1.807) is 12.4 Å². The highest BCUT2D eigenvalue weighted by Gasteiger charge is 2.54. The molecule has 0 radical (unpaired) electrons. The predicted octanol–water partition coefficient (Wildman–Crippen LogP) is 3.49. The first-order valence-corrected chi connectivity index (χ1v) is 9.54. The molecule has 1 aliphatic heterocycles. The van der Waals surface area contributed by atoms with E-state index in [9.17, 15) is 4.79 Å². The van der Waals surface area contributed by atoms with Crippen LogP contribution in [0.2, 0.25) is 0 Å². The molecule has 2 heterocycles. The van der Waals surface area contributed by atoms with Crippen molar-refractivity contribution in [3.63, 3.8) is 0 Å². The fraction of sp³-hybridized carbons (Fsp3) is 0.619. The molecule has 25 heavy (non-hydrogen) atoms. The Bertz CT molecular complexity index is 659. The van der Waals surface area contributed by atoms with E-state index in [1.165, 1.54) is 24.0 Å². The average Bonchev–Trinajstić information content (AvgIpc) is 2.88. The van der Waals surface area contributed by atoms with Gasteiger partial charge >= 0.3 is 5.97 Å². The van der Waals surface area contributed by atoms with Crippen LogP contribution in [0, 0.1) is 23.2 Å². The predicted molar refractivity (Wildman–Crippen MR) is 96.6 cm³/mol. The lowest BCUT2D eigenvalue weighted by Crippen LogP contribution is -2.45. The minimum atomic E-state index is -0.0221. The molecule has 134 valence electrons. The lowest BCUT2D eigenvalue weighted by atomic mass is 9.55. The number of carbonyl (C=O) groups is 1. The number of aromatic nitrogens is 1. The van der Waals surface area contributed by atoms with Crippen molar-refractivity contribution >= 4 is 5.97 Å². The van der Waals surface area contributed by atoms with Crippen molar-refractivity contribution in [1.29, 1.82) is 0 Å². The van der Waals surface area contributed by atoms with Crippen LogP contribution >= 0.6 is 0 Å². The standard InChI is InChI=1S/C21H28N2O2/c1-14-4-3-7-21(2)11-19-16(10-18(14)21)17(20(24)25-19)13-23-12-15-5-8-22-9-6-15/h5-6,8-9,16-19,23H,1,3-4,7,10-13H2,2H3/t16-,17-,18+,19+,21-/m0/s1. The van der Waals surface area contributed by atoms with E-state index in [-0.39, 0.29) is 23.4 Å². The third-order valence-corrected chi connectivity index (χ3v) is 6.76. The summed E-state index contributed by atoms with van der Waals surface area (Å²) in [7, 11) is 0. The van der Waals surface area contributed by atoms with Crippen LogP contribution in [0.1, 0.15) is 44.6 Å². The third kappa shape index (κ3) is 3.12. The first kappa shape index (κ1) is 16.8.